The molecule has 2 aromatic rings. The van der Waals surface area contributed by atoms with Gasteiger partial charge in [0.1, 0.15) is 0 Å². The molecule has 0 bridgehead atoms. The Labute approximate surface area is 201 Å². The maximum absolute atomic E-state index is 13.4. The number of nitrogens with zero attached hydrogens (tertiary/aromatic N) is 2. The number of carbonyl (C=O) groups is 2. The van der Waals surface area contributed by atoms with Crippen molar-refractivity contribution < 1.29 is 23.2 Å². The molecule has 186 valence electrons. The first-order valence-electron chi connectivity index (χ1n) is 11.8. The Morgan fingerprint density at radius 1 is 1.03 bits per heavy atom. The summed E-state index contributed by atoms with van der Waals surface area (Å²) in [5.41, 5.74) is 1.67. The SMILES string of the molecule is CC(C)C[C@@H](C(=O)N1CCCCC1)[C@H](CN(C)S(=O)(=O)c1ccc2ccccc2c1)C(=O)NO. The van der Waals surface area contributed by atoms with E-state index in [1.165, 1.54) is 7.05 Å². The molecular weight excluding hydrogens is 454 g/mol. The second kappa shape index (κ2) is 11.3. The van der Waals surface area contributed by atoms with Crippen molar-refractivity contribution in [1.29, 1.82) is 0 Å². The van der Waals surface area contributed by atoms with Gasteiger partial charge in [0.25, 0.3) is 0 Å². The number of hydrogen-bond acceptors (Lipinski definition) is 5. The number of carbonyl (C=O) groups excluding carboxylic acids is 2. The van der Waals surface area contributed by atoms with Gasteiger partial charge in [0.15, 0.2) is 0 Å². The predicted molar refractivity (Wildman–Crippen MR) is 131 cm³/mol. The number of rotatable bonds is 9. The summed E-state index contributed by atoms with van der Waals surface area (Å²) in [6, 6.07) is 12.4. The molecule has 1 fully saturated rings. The van der Waals surface area contributed by atoms with Crippen molar-refractivity contribution in [1.82, 2.24) is 14.7 Å². The van der Waals surface area contributed by atoms with Crippen molar-refractivity contribution >= 4 is 32.6 Å². The number of hydroxylamine groups is 1. The van der Waals surface area contributed by atoms with Gasteiger partial charge in [-0.3, -0.25) is 14.8 Å². The summed E-state index contributed by atoms with van der Waals surface area (Å²) in [6.45, 7) is 4.95. The highest BCUT2D eigenvalue weighted by molar-refractivity contribution is 7.89. The van der Waals surface area contributed by atoms with Crippen LogP contribution < -0.4 is 5.48 Å². The van der Waals surface area contributed by atoms with Crippen LogP contribution in [-0.4, -0.2) is 61.3 Å². The number of amides is 2. The van der Waals surface area contributed by atoms with Crippen LogP contribution in [0.1, 0.15) is 39.5 Å². The summed E-state index contributed by atoms with van der Waals surface area (Å²) >= 11 is 0. The highest BCUT2D eigenvalue weighted by atomic mass is 32.2. The zero-order chi connectivity index (χ0) is 24.9. The second-order valence-electron chi connectivity index (χ2n) is 9.50. The maximum Gasteiger partial charge on any atom is 0.248 e. The number of nitrogens with one attached hydrogen (secondary N) is 1. The summed E-state index contributed by atoms with van der Waals surface area (Å²) < 4.78 is 27.9. The molecule has 2 N–H and O–H groups in total. The average molecular weight is 490 g/mol. The molecule has 1 aliphatic heterocycles. The predicted octanol–water partition coefficient (Wildman–Crippen LogP) is 3.26. The van der Waals surface area contributed by atoms with Crippen molar-refractivity contribution in [2.24, 2.45) is 17.8 Å². The summed E-state index contributed by atoms with van der Waals surface area (Å²) in [5, 5.41) is 11.2. The van der Waals surface area contributed by atoms with Crippen molar-refractivity contribution in [3.8, 4) is 0 Å². The van der Waals surface area contributed by atoms with Crippen LogP contribution in [0.5, 0.6) is 0 Å². The van der Waals surface area contributed by atoms with Crippen LogP contribution in [0.25, 0.3) is 10.8 Å². The van der Waals surface area contributed by atoms with Crippen molar-refractivity contribution in [2.75, 3.05) is 26.7 Å². The molecule has 1 aliphatic rings. The standard InChI is InChI=1S/C25H35N3O5S/c1-18(2)15-22(25(30)28-13-7-4-8-14-28)23(24(29)26-31)17-27(3)34(32,33)21-12-11-19-9-5-6-10-20(19)16-21/h5-6,9-12,16,18,22-23,31H,4,7-8,13-15,17H2,1-3H3,(H,26,29)/t22-,23+/m1/s1. The molecule has 0 saturated carbocycles. The molecule has 0 spiro atoms. The fourth-order valence-corrected chi connectivity index (χ4v) is 5.89. The molecule has 1 heterocycles. The maximum atomic E-state index is 13.4. The fourth-order valence-electron chi connectivity index (χ4n) is 4.65. The average Bonchev–Trinajstić information content (AvgIpc) is 2.85. The van der Waals surface area contributed by atoms with Gasteiger partial charge in [-0.15, -0.1) is 0 Å². The molecule has 2 atom stereocenters. The van der Waals surface area contributed by atoms with Crippen LogP contribution in [-0.2, 0) is 19.6 Å². The van der Waals surface area contributed by atoms with Gasteiger partial charge in [0.05, 0.1) is 16.7 Å². The van der Waals surface area contributed by atoms with Gasteiger partial charge in [0.2, 0.25) is 21.8 Å². The van der Waals surface area contributed by atoms with Crippen molar-refractivity contribution in [3.05, 3.63) is 42.5 Å². The van der Waals surface area contributed by atoms with Crippen LogP contribution in [0, 0.1) is 17.8 Å². The summed E-state index contributed by atoms with van der Waals surface area (Å²) in [5.74, 6) is -2.56. The zero-order valence-electron chi connectivity index (χ0n) is 20.1. The molecule has 2 aromatic carbocycles. The Kier molecular flexibility index (Phi) is 8.67. The van der Waals surface area contributed by atoms with E-state index in [0.29, 0.717) is 19.5 Å². The lowest BCUT2D eigenvalue weighted by atomic mass is 9.83. The second-order valence-corrected chi connectivity index (χ2v) is 11.5. The number of sulfonamides is 1. The smallest absolute Gasteiger partial charge is 0.248 e. The van der Waals surface area contributed by atoms with E-state index in [1.807, 2.05) is 38.1 Å². The quantitative estimate of drug-likeness (QED) is 0.415. The lowest BCUT2D eigenvalue weighted by Gasteiger charge is -2.35. The van der Waals surface area contributed by atoms with Gasteiger partial charge < -0.3 is 4.90 Å². The van der Waals surface area contributed by atoms with Crippen molar-refractivity contribution in [3.63, 3.8) is 0 Å². The highest BCUT2D eigenvalue weighted by Gasteiger charge is 2.39. The first-order chi connectivity index (χ1) is 16.1. The van der Waals surface area contributed by atoms with E-state index in [2.05, 4.69) is 0 Å². The Balaban J connectivity index is 1.90. The van der Waals surface area contributed by atoms with E-state index >= 15 is 0 Å². The fraction of sp³-hybridized carbons (Fsp3) is 0.520. The van der Waals surface area contributed by atoms with Gasteiger partial charge in [-0.2, -0.15) is 0 Å². The molecule has 0 aliphatic carbocycles. The zero-order valence-corrected chi connectivity index (χ0v) is 20.9. The Morgan fingerprint density at radius 3 is 2.29 bits per heavy atom. The number of hydrogen-bond donors (Lipinski definition) is 2. The van der Waals surface area contributed by atoms with Crippen LogP contribution in [0.3, 0.4) is 0 Å². The molecular formula is C25H35N3O5S. The number of likely N-dealkylation sites (tertiary alicyclic amines) is 1. The van der Waals surface area contributed by atoms with Crippen LogP contribution in [0.15, 0.2) is 47.4 Å². The molecule has 3 rings (SSSR count). The number of fused-ring (bicyclic) bond motifs is 1. The van der Waals surface area contributed by atoms with Crippen LogP contribution in [0.2, 0.25) is 0 Å². The number of benzene rings is 2. The van der Waals surface area contributed by atoms with E-state index in [-0.39, 0.29) is 23.3 Å². The van der Waals surface area contributed by atoms with Gasteiger partial charge >= 0.3 is 0 Å². The lowest BCUT2D eigenvalue weighted by molar-refractivity contribution is -0.146. The van der Waals surface area contributed by atoms with Gasteiger partial charge in [-0.05, 0) is 54.5 Å². The van der Waals surface area contributed by atoms with E-state index in [1.54, 1.807) is 28.6 Å². The van der Waals surface area contributed by atoms with Crippen LogP contribution >= 0.6 is 0 Å². The van der Waals surface area contributed by atoms with Gasteiger partial charge in [0, 0.05) is 26.7 Å². The topological polar surface area (TPSA) is 107 Å². The molecule has 34 heavy (non-hydrogen) atoms. The monoisotopic (exact) mass is 489 g/mol. The molecule has 1 saturated heterocycles. The van der Waals surface area contributed by atoms with E-state index in [0.717, 1.165) is 34.3 Å². The van der Waals surface area contributed by atoms with E-state index < -0.39 is 27.8 Å². The summed E-state index contributed by atoms with van der Waals surface area (Å²) in [4.78, 5) is 28.1. The Morgan fingerprint density at radius 2 is 1.68 bits per heavy atom. The summed E-state index contributed by atoms with van der Waals surface area (Å²) in [7, 11) is -2.53. The largest absolute Gasteiger partial charge is 0.342 e. The molecule has 0 aromatic heterocycles. The van der Waals surface area contributed by atoms with E-state index in [4.69, 9.17) is 0 Å². The lowest BCUT2D eigenvalue weighted by Crippen LogP contribution is -2.49. The molecule has 0 radical (unpaired) electrons. The van der Waals surface area contributed by atoms with Crippen molar-refractivity contribution in [2.45, 2.75) is 44.4 Å². The number of piperidine rings is 1. The third-order valence-corrected chi connectivity index (χ3v) is 8.35. The Hall–Kier alpha value is -2.49. The molecule has 8 nitrogen and oxygen atoms in total. The minimum Gasteiger partial charge on any atom is -0.342 e. The molecule has 0 unspecified atom stereocenters. The minimum atomic E-state index is -3.93. The minimum absolute atomic E-state index is 0.107. The highest BCUT2D eigenvalue weighted by Crippen LogP contribution is 2.28. The summed E-state index contributed by atoms with van der Waals surface area (Å²) in [6.07, 6.45) is 3.30. The van der Waals surface area contributed by atoms with Crippen LogP contribution in [0.4, 0.5) is 0 Å². The Bertz CT molecular complexity index is 1110. The first-order valence-corrected chi connectivity index (χ1v) is 13.3. The van der Waals surface area contributed by atoms with Gasteiger partial charge in [-0.1, -0.05) is 44.2 Å². The third kappa shape index (κ3) is 5.95. The third-order valence-electron chi connectivity index (χ3n) is 6.53. The van der Waals surface area contributed by atoms with E-state index in [9.17, 15) is 23.2 Å². The molecule has 9 heteroatoms. The normalized spacial score (nSPS) is 16.6. The molecule has 2 amide bonds. The first kappa shape index (κ1) is 26.1. The van der Waals surface area contributed by atoms with Gasteiger partial charge in [-0.25, -0.2) is 18.2 Å².